The highest BCUT2D eigenvalue weighted by Gasteiger charge is 2.21. The van der Waals surface area contributed by atoms with Crippen LogP contribution in [0.2, 0.25) is 0 Å². The quantitative estimate of drug-likeness (QED) is 0.752. The molecule has 0 aromatic carbocycles. The van der Waals surface area contributed by atoms with Crippen molar-refractivity contribution in [3.63, 3.8) is 0 Å². The molecule has 1 aliphatic carbocycles. The van der Waals surface area contributed by atoms with Crippen LogP contribution in [0, 0.1) is 0 Å². The molecule has 0 aliphatic heterocycles. The largest absolute Gasteiger partial charge is 0.339 e. The molecule has 0 unspecified atom stereocenters. The summed E-state index contributed by atoms with van der Waals surface area (Å²) in [7, 11) is 0. The van der Waals surface area contributed by atoms with Crippen molar-refractivity contribution < 1.29 is 4.52 Å². The monoisotopic (exact) mass is 223 g/mol. The average molecular weight is 223 g/mol. The second kappa shape index (κ2) is 5.99. The molecule has 16 heavy (non-hydrogen) atoms. The molecule has 0 bridgehead atoms. The molecule has 1 aromatic heterocycles. The lowest BCUT2D eigenvalue weighted by atomic mass is 10.1. The molecule has 2 N–H and O–H groups in total. The van der Waals surface area contributed by atoms with Gasteiger partial charge in [-0.1, -0.05) is 24.4 Å². The Kier molecular flexibility index (Phi) is 4.34. The zero-order valence-electron chi connectivity index (χ0n) is 9.82. The Hall–Kier alpha value is -0.900. The lowest BCUT2D eigenvalue weighted by molar-refractivity contribution is 0.365. The molecule has 1 saturated carbocycles. The van der Waals surface area contributed by atoms with Gasteiger partial charge in [-0.05, 0) is 32.2 Å². The minimum absolute atomic E-state index is 0.557. The first-order valence-corrected chi connectivity index (χ1v) is 6.42. The SMILES string of the molecule is NCCCCCc1nc(C2CCCC2)no1. The van der Waals surface area contributed by atoms with Crippen molar-refractivity contribution in [3.05, 3.63) is 11.7 Å². The highest BCUT2D eigenvalue weighted by atomic mass is 16.5. The van der Waals surface area contributed by atoms with Gasteiger partial charge in [0.05, 0.1) is 0 Å². The minimum Gasteiger partial charge on any atom is -0.339 e. The van der Waals surface area contributed by atoms with E-state index in [-0.39, 0.29) is 0 Å². The van der Waals surface area contributed by atoms with E-state index < -0.39 is 0 Å². The van der Waals surface area contributed by atoms with Crippen LogP contribution >= 0.6 is 0 Å². The summed E-state index contributed by atoms with van der Waals surface area (Å²) in [5.74, 6) is 2.30. The summed E-state index contributed by atoms with van der Waals surface area (Å²) in [6.45, 7) is 0.775. The molecular formula is C12H21N3O. The van der Waals surface area contributed by atoms with Gasteiger partial charge in [0.2, 0.25) is 5.89 Å². The lowest BCUT2D eigenvalue weighted by Crippen LogP contribution is -1.98. The number of aromatic nitrogens is 2. The number of nitrogens with zero attached hydrogens (tertiary/aromatic N) is 2. The molecule has 0 radical (unpaired) electrons. The Bertz CT molecular complexity index is 305. The van der Waals surface area contributed by atoms with E-state index >= 15 is 0 Å². The highest BCUT2D eigenvalue weighted by Crippen LogP contribution is 2.32. The summed E-state index contributed by atoms with van der Waals surface area (Å²) >= 11 is 0. The predicted molar refractivity (Wildman–Crippen MR) is 62.1 cm³/mol. The molecule has 0 saturated heterocycles. The van der Waals surface area contributed by atoms with Crippen LogP contribution in [-0.2, 0) is 6.42 Å². The van der Waals surface area contributed by atoms with Crippen molar-refractivity contribution >= 4 is 0 Å². The minimum atomic E-state index is 0.557. The summed E-state index contributed by atoms with van der Waals surface area (Å²) in [6.07, 6.45) is 9.32. The number of unbranched alkanes of at least 4 members (excludes halogenated alkanes) is 2. The normalized spacial score (nSPS) is 17.1. The number of rotatable bonds is 6. The van der Waals surface area contributed by atoms with E-state index in [0.717, 1.165) is 43.9 Å². The summed E-state index contributed by atoms with van der Waals surface area (Å²) in [6, 6.07) is 0. The van der Waals surface area contributed by atoms with E-state index in [1.807, 2.05) is 0 Å². The number of aryl methyl sites for hydroxylation is 1. The van der Waals surface area contributed by atoms with Crippen LogP contribution in [0.5, 0.6) is 0 Å². The third-order valence-corrected chi connectivity index (χ3v) is 3.30. The van der Waals surface area contributed by atoms with Crippen molar-refractivity contribution in [2.75, 3.05) is 6.54 Å². The molecule has 4 heteroatoms. The van der Waals surface area contributed by atoms with Crippen LogP contribution in [-0.4, -0.2) is 16.7 Å². The van der Waals surface area contributed by atoms with Crippen molar-refractivity contribution in [1.29, 1.82) is 0 Å². The van der Waals surface area contributed by atoms with Gasteiger partial charge in [-0.25, -0.2) is 0 Å². The van der Waals surface area contributed by atoms with Crippen LogP contribution in [0.25, 0.3) is 0 Å². The average Bonchev–Trinajstić information content (AvgIpc) is 2.94. The maximum Gasteiger partial charge on any atom is 0.226 e. The fourth-order valence-electron chi connectivity index (χ4n) is 2.32. The van der Waals surface area contributed by atoms with Crippen LogP contribution in [0.4, 0.5) is 0 Å². The van der Waals surface area contributed by atoms with Crippen molar-refractivity contribution in [2.45, 2.75) is 57.3 Å². The summed E-state index contributed by atoms with van der Waals surface area (Å²) in [4.78, 5) is 4.48. The van der Waals surface area contributed by atoms with Crippen LogP contribution < -0.4 is 5.73 Å². The van der Waals surface area contributed by atoms with E-state index in [9.17, 15) is 0 Å². The number of hydrogen-bond donors (Lipinski definition) is 1. The molecule has 0 atom stereocenters. The summed E-state index contributed by atoms with van der Waals surface area (Å²) in [5.41, 5.74) is 5.44. The van der Waals surface area contributed by atoms with Gasteiger partial charge in [0, 0.05) is 12.3 Å². The molecule has 1 aromatic rings. The third-order valence-electron chi connectivity index (χ3n) is 3.30. The van der Waals surface area contributed by atoms with Gasteiger partial charge in [-0.2, -0.15) is 4.98 Å². The second-order valence-electron chi connectivity index (χ2n) is 4.63. The van der Waals surface area contributed by atoms with Crippen LogP contribution in [0.3, 0.4) is 0 Å². The summed E-state index contributed by atoms with van der Waals surface area (Å²) < 4.78 is 5.26. The van der Waals surface area contributed by atoms with Gasteiger partial charge in [0.15, 0.2) is 5.82 Å². The lowest BCUT2D eigenvalue weighted by Gasteiger charge is -1.99. The van der Waals surface area contributed by atoms with E-state index in [1.165, 1.54) is 25.7 Å². The Labute approximate surface area is 96.6 Å². The van der Waals surface area contributed by atoms with Gasteiger partial charge in [-0.3, -0.25) is 0 Å². The van der Waals surface area contributed by atoms with E-state index in [1.54, 1.807) is 0 Å². The third kappa shape index (κ3) is 3.04. The van der Waals surface area contributed by atoms with Gasteiger partial charge in [0.1, 0.15) is 0 Å². The molecule has 1 fully saturated rings. The highest BCUT2D eigenvalue weighted by molar-refractivity contribution is 4.97. The smallest absolute Gasteiger partial charge is 0.226 e. The second-order valence-corrected chi connectivity index (χ2v) is 4.63. The number of nitrogens with two attached hydrogens (primary N) is 1. The maximum absolute atomic E-state index is 5.44. The van der Waals surface area contributed by atoms with Gasteiger partial charge in [-0.15, -0.1) is 0 Å². The van der Waals surface area contributed by atoms with E-state index in [4.69, 9.17) is 10.3 Å². The van der Waals surface area contributed by atoms with E-state index in [0.29, 0.717) is 5.92 Å². The topological polar surface area (TPSA) is 64.9 Å². The molecular weight excluding hydrogens is 202 g/mol. The molecule has 4 nitrogen and oxygen atoms in total. The molecule has 2 rings (SSSR count). The standard InChI is InChI=1S/C12H21N3O/c13-9-5-1-2-8-11-14-12(15-16-11)10-6-3-4-7-10/h10H,1-9,13H2. The van der Waals surface area contributed by atoms with Gasteiger partial charge >= 0.3 is 0 Å². The van der Waals surface area contributed by atoms with Crippen molar-refractivity contribution in [3.8, 4) is 0 Å². The Morgan fingerprint density at radius 3 is 2.75 bits per heavy atom. The van der Waals surface area contributed by atoms with Gasteiger partial charge < -0.3 is 10.3 Å². The zero-order chi connectivity index (χ0) is 11.2. The number of hydrogen-bond acceptors (Lipinski definition) is 4. The Morgan fingerprint density at radius 2 is 2.00 bits per heavy atom. The van der Waals surface area contributed by atoms with E-state index in [2.05, 4.69) is 10.1 Å². The molecule has 90 valence electrons. The molecule has 1 aliphatic rings. The summed E-state index contributed by atoms with van der Waals surface area (Å²) in [5, 5.41) is 4.09. The Balaban J connectivity index is 1.77. The predicted octanol–water partition coefficient (Wildman–Crippen LogP) is 2.40. The fraction of sp³-hybridized carbons (Fsp3) is 0.833. The van der Waals surface area contributed by atoms with Crippen molar-refractivity contribution in [2.24, 2.45) is 5.73 Å². The molecule has 0 amide bonds. The first-order valence-electron chi connectivity index (χ1n) is 6.42. The molecule has 1 heterocycles. The first-order chi connectivity index (χ1) is 7.90. The fourth-order valence-corrected chi connectivity index (χ4v) is 2.32. The van der Waals surface area contributed by atoms with Crippen LogP contribution in [0.1, 0.15) is 62.6 Å². The molecule has 0 spiro atoms. The van der Waals surface area contributed by atoms with Crippen molar-refractivity contribution in [1.82, 2.24) is 10.1 Å². The van der Waals surface area contributed by atoms with Crippen LogP contribution in [0.15, 0.2) is 4.52 Å². The Morgan fingerprint density at radius 1 is 1.19 bits per heavy atom. The first kappa shape index (κ1) is 11.6. The van der Waals surface area contributed by atoms with Gasteiger partial charge in [0.25, 0.3) is 0 Å². The zero-order valence-corrected chi connectivity index (χ0v) is 9.82. The maximum atomic E-state index is 5.44.